The topological polar surface area (TPSA) is 26.0 Å². The Morgan fingerprint density at radius 2 is 1.78 bits per heavy atom. The Balaban J connectivity index is 3.83. The van der Waals surface area contributed by atoms with Gasteiger partial charge in [-0.1, -0.05) is 29.7 Å². The van der Waals surface area contributed by atoms with Crippen molar-refractivity contribution in [2.45, 2.75) is 20.8 Å². The zero-order valence-electron chi connectivity index (χ0n) is 6.14. The molecule has 2 N–H and O–H groups in total. The van der Waals surface area contributed by atoms with Gasteiger partial charge in [-0.25, -0.2) is 0 Å². The SMILES string of the molecule is CC(C)=C/C=C(/C)SN. The molecule has 0 radical (unpaired) electrons. The second-order valence-electron chi connectivity index (χ2n) is 2.14. The van der Waals surface area contributed by atoms with Crippen LogP contribution >= 0.6 is 11.9 Å². The van der Waals surface area contributed by atoms with Gasteiger partial charge < -0.3 is 0 Å². The maximum absolute atomic E-state index is 5.28. The molecule has 0 spiro atoms. The summed E-state index contributed by atoms with van der Waals surface area (Å²) in [5.74, 6) is 0. The molecule has 0 saturated heterocycles. The van der Waals surface area contributed by atoms with Crippen molar-refractivity contribution < 1.29 is 0 Å². The van der Waals surface area contributed by atoms with E-state index in [-0.39, 0.29) is 0 Å². The second kappa shape index (κ2) is 4.65. The molecular formula is C7H13NS. The Morgan fingerprint density at radius 3 is 2.11 bits per heavy atom. The number of allylic oxidation sites excluding steroid dienone is 4. The van der Waals surface area contributed by atoms with Gasteiger partial charge in [0, 0.05) is 0 Å². The van der Waals surface area contributed by atoms with Crippen LogP contribution in [0.2, 0.25) is 0 Å². The fraction of sp³-hybridized carbons (Fsp3) is 0.429. The Kier molecular flexibility index (Phi) is 4.54. The predicted octanol–water partition coefficient (Wildman–Crippen LogP) is 2.46. The lowest BCUT2D eigenvalue weighted by molar-refractivity contribution is 1.39. The minimum atomic E-state index is 1.14. The van der Waals surface area contributed by atoms with Crippen LogP contribution in [-0.4, -0.2) is 0 Å². The first-order valence-corrected chi connectivity index (χ1v) is 3.73. The third-order valence-electron chi connectivity index (χ3n) is 0.837. The van der Waals surface area contributed by atoms with Crippen LogP contribution in [-0.2, 0) is 0 Å². The lowest BCUT2D eigenvalue weighted by atomic mass is 10.3. The number of hydrogen-bond donors (Lipinski definition) is 1. The van der Waals surface area contributed by atoms with Gasteiger partial charge in [0.15, 0.2) is 0 Å². The molecule has 2 heteroatoms. The van der Waals surface area contributed by atoms with Crippen molar-refractivity contribution >= 4 is 11.9 Å². The van der Waals surface area contributed by atoms with E-state index >= 15 is 0 Å². The van der Waals surface area contributed by atoms with Crippen LogP contribution in [0.5, 0.6) is 0 Å². The fourth-order valence-electron chi connectivity index (χ4n) is 0.323. The summed E-state index contributed by atoms with van der Waals surface area (Å²) in [6.07, 6.45) is 4.06. The Hall–Kier alpha value is -0.210. The van der Waals surface area contributed by atoms with Gasteiger partial charge in [0.25, 0.3) is 0 Å². The first kappa shape index (κ1) is 8.79. The minimum Gasteiger partial charge on any atom is -0.274 e. The minimum absolute atomic E-state index is 1.14. The van der Waals surface area contributed by atoms with Gasteiger partial charge in [-0.15, -0.1) is 0 Å². The molecule has 0 aromatic rings. The van der Waals surface area contributed by atoms with Crippen molar-refractivity contribution in [3.8, 4) is 0 Å². The first-order chi connectivity index (χ1) is 4.16. The molecule has 52 valence electrons. The van der Waals surface area contributed by atoms with Gasteiger partial charge in [-0.3, -0.25) is 5.14 Å². The summed E-state index contributed by atoms with van der Waals surface area (Å²) in [6.45, 7) is 6.11. The molecule has 0 rings (SSSR count). The fourth-order valence-corrected chi connectivity index (χ4v) is 0.470. The van der Waals surface area contributed by atoms with Crippen molar-refractivity contribution in [1.82, 2.24) is 0 Å². The van der Waals surface area contributed by atoms with E-state index in [1.807, 2.05) is 13.0 Å². The van der Waals surface area contributed by atoms with Gasteiger partial charge in [-0.05, 0) is 25.7 Å². The Morgan fingerprint density at radius 1 is 1.22 bits per heavy atom. The third-order valence-corrected chi connectivity index (χ3v) is 1.35. The van der Waals surface area contributed by atoms with Crippen LogP contribution in [0.4, 0.5) is 0 Å². The molecule has 0 saturated carbocycles. The summed E-state index contributed by atoms with van der Waals surface area (Å²) < 4.78 is 0. The summed E-state index contributed by atoms with van der Waals surface area (Å²) in [5.41, 5.74) is 1.29. The van der Waals surface area contributed by atoms with Crippen molar-refractivity contribution in [1.29, 1.82) is 0 Å². The molecule has 0 fully saturated rings. The largest absolute Gasteiger partial charge is 0.274 e. The number of rotatable bonds is 2. The zero-order chi connectivity index (χ0) is 7.28. The van der Waals surface area contributed by atoms with Gasteiger partial charge in [0.1, 0.15) is 0 Å². The molecular weight excluding hydrogens is 130 g/mol. The summed E-state index contributed by atoms with van der Waals surface area (Å²) in [5, 5.41) is 5.28. The quantitative estimate of drug-likeness (QED) is 0.474. The van der Waals surface area contributed by atoms with Crippen LogP contribution in [0.3, 0.4) is 0 Å². The molecule has 0 aliphatic heterocycles. The molecule has 0 bridgehead atoms. The lowest BCUT2D eigenvalue weighted by Crippen LogP contribution is -1.76. The van der Waals surface area contributed by atoms with Crippen LogP contribution in [0.15, 0.2) is 22.6 Å². The first-order valence-electron chi connectivity index (χ1n) is 2.85. The van der Waals surface area contributed by atoms with Gasteiger partial charge >= 0.3 is 0 Å². The van der Waals surface area contributed by atoms with Crippen LogP contribution < -0.4 is 5.14 Å². The third kappa shape index (κ3) is 5.66. The van der Waals surface area contributed by atoms with Crippen LogP contribution in [0.25, 0.3) is 0 Å². The standard InChI is InChI=1S/C7H13NS/c1-6(2)4-5-7(3)9-8/h4-5H,8H2,1-3H3/b7-5-. The highest BCUT2D eigenvalue weighted by Crippen LogP contribution is 2.05. The van der Waals surface area contributed by atoms with Crippen molar-refractivity contribution in [3.05, 3.63) is 22.6 Å². The molecule has 0 amide bonds. The summed E-state index contributed by atoms with van der Waals surface area (Å²) in [4.78, 5) is 1.14. The average molecular weight is 143 g/mol. The molecule has 0 aromatic carbocycles. The lowest BCUT2D eigenvalue weighted by Gasteiger charge is -1.89. The van der Waals surface area contributed by atoms with E-state index in [2.05, 4.69) is 19.9 Å². The van der Waals surface area contributed by atoms with E-state index in [1.165, 1.54) is 17.5 Å². The maximum atomic E-state index is 5.28. The van der Waals surface area contributed by atoms with E-state index in [4.69, 9.17) is 5.14 Å². The van der Waals surface area contributed by atoms with Crippen molar-refractivity contribution in [3.63, 3.8) is 0 Å². The number of nitrogens with two attached hydrogens (primary N) is 1. The molecule has 0 atom stereocenters. The Labute approximate surface area is 61.1 Å². The molecule has 1 nitrogen and oxygen atoms in total. The highest BCUT2D eigenvalue weighted by molar-refractivity contribution is 8.00. The predicted molar refractivity (Wildman–Crippen MR) is 45.0 cm³/mol. The highest BCUT2D eigenvalue weighted by atomic mass is 32.2. The monoisotopic (exact) mass is 143 g/mol. The molecule has 0 heterocycles. The van der Waals surface area contributed by atoms with Crippen LogP contribution in [0.1, 0.15) is 20.8 Å². The van der Waals surface area contributed by atoms with Crippen molar-refractivity contribution in [2.24, 2.45) is 5.14 Å². The average Bonchev–Trinajstić information content (AvgIpc) is 1.83. The molecule has 9 heavy (non-hydrogen) atoms. The second-order valence-corrected chi connectivity index (χ2v) is 3.02. The summed E-state index contributed by atoms with van der Waals surface area (Å²) in [7, 11) is 0. The Bertz CT molecular complexity index is 132. The van der Waals surface area contributed by atoms with Crippen molar-refractivity contribution in [2.75, 3.05) is 0 Å². The highest BCUT2D eigenvalue weighted by Gasteiger charge is 1.79. The molecule has 0 aliphatic rings. The number of hydrogen-bond acceptors (Lipinski definition) is 2. The molecule has 0 aliphatic carbocycles. The summed E-state index contributed by atoms with van der Waals surface area (Å²) in [6, 6.07) is 0. The van der Waals surface area contributed by atoms with Gasteiger partial charge in [-0.2, -0.15) is 0 Å². The van der Waals surface area contributed by atoms with E-state index in [0.29, 0.717) is 0 Å². The van der Waals surface area contributed by atoms with E-state index < -0.39 is 0 Å². The molecule has 0 aromatic heterocycles. The van der Waals surface area contributed by atoms with Gasteiger partial charge in [0.2, 0.25) is 0 Å². The van der Waals surface area contributed by atoms with E-state index in [1.54, 1.807) is 0 Å². The smallest absolute Gasteiger partial charge is 0.00300 e. The zero-order valence-corrected chi connectivity index (χ0v) is 6.96. The van der Waals surface area contributed by atoms with Gasteiger partial charge in [0.05, 0.1) is 0 Å². The molecule has 0 unspecified atom stereocenters. The van der Waals surface area contributed by atoms with E-state index in [9.17, 15) is 0 Å². The van der Waals surface area contributed by atoms with E-state index in [0.717, 1.165) is 4.91 Å². The van der Waals surface area contributed by atoms with Crippen LogP contribution in [0, 0.1) is 0 Å². The summed E-state index contributed by atoms with van der Waals surface area (Å²) >= 11 is 1.28. The normalized spacial score (nSPS) is 11.3. The maximum Gasteiger partial charge on any atom is -0.00300 e.